The SMILES string of the molecule is CC(C)CNC(=O)CCNC(=O)N[C@@H](C(=O)O)C(C)C. The molecule has 3 amide bonds. The van der Waals surface area contributed by atoms with Gasteiger partial charge in [-0.15, -0.1) is 0 Å². The zero-order chi connectivity index (χ0) is 15.7. The monoisotopic (exact) mass is 287 g/mol. The fourth-order valence-corrected chi connectivity index (χ4v) is 1.40. The molecule has 0 heterocycles. The van der Waals surface area contributed by atoms with Gasteiger partial charge in [0.1, 0.15) is 6.04 Å². The van der Waals surface area contributed by atoms with E-state index in [1.54, 1.807) is 13.8 Å². The zero-order valence-electron chi connectivity index (χ0n) is 12.5. The smallest absolute Gasteiger partial charge is 0.326 e. The largest absolute Gasteiger partial charge is 0.480 e. The van der Waals surface area contributed by atoms with E-state index in [0.29, 0.717) is 12.5 Å². The van der Waals surface area contributed by atoms with Crippen LogP contribution in [-0.4, -0.2) is 42.1 Å². The first-order valence-corrected chi connectivity index (χ1v) is 6.77. The Hall–Kier alpha value is -1.79. The summed E-state index contributed by atoms with van der Waals surface area (Å²) in [5.41, 5.74) is 0. The standard InChI is InChI=1S/C13H25N3O4/c1-8(2)7-15-10(17)5-6-14-13(20)16-11(9(3)4)12(18)19/h8-9,11H,5-7H2,1-4H3,(H,15,17)(H,18,19)(H2,14,16,20)/t11-/m1/s1. The first kappa shape index (κ1) is 18.2. The quantitative estimate of drug-likeness (QED) is 0.523. The van der Waals surface area contributed by atoms with Gasteiger partial charge in [-0.3, -0.25) is 4.79 Å². The van der Waals surface area contributed by atoms with Crippen LogP contribution >= 0.6 is 0 Å². The minimum absolute atomic E-state index is 0.141. The van der Waals surface area contributed by atoms with Crippen LogP contribution in [0.25, 0.3) is 0 Å². The second-order valence-corrected chi connectivity index (χ2v) is 5.41. The fraction of sp³-hybridized carbons (Fsp3) is 0.769. The van der Waals surface area contributed by atoms with Gasteiger partial charge in [0.2, 0.25) is 5.91 Å². The van der Waals surface area contributed by atoms with Crippen molar-refractivity contribution >= 4 is 17.9 Å². The summed E-state index contributed by atoms with van der Waals surface area (Å²) in [7, 11) is 0. The van der Waals surface area contributed by atoms with Crippen molar-refractivity contribution in [3.8, 4) is 0 Å². The van der Waals surface area contributed by atoms with Gasteiger partial charge in [-0.05, 0) is 11.8 Å². The van der Waals surface area contributed by atoms with Gasteiger partial charge in [0, 0.05) is 19.5 Å². The number of nitrogens with one attached hydrogen (secondary N) is 3. The van der Waals surface area contributed by atoms with Crippen LogP contribution in [-0.2, 0) is 9.59 Å². The number of carbonyl (C=O) groups excluding carboxylic acids is 2. The van der Waals surface area contributed by atoms with Crippen LogP contribution in [0.5, 0.6) is 0 Å². The molecule has 1 atom stereocenters. The molecule has 0 radical (unpaired) electrons. The van der Waals surface area contributed by atoms with E-state index in [-0.39, 0.29) is 24.8 Å². The summed E-state index contributed by atoms with van der Waals surface area (Å²) in [6, 6.07) is -1.52. The Balaban J connectivity index is 3.93. The number of urea groups is 1. The molecule has 0 aliphatic carbocycles. The van der Waals surface area contributed by atoms with E-state index in [1.165, 1.54) is 0 Å². The maximum absolute atomic E-state index is 11.5. The van der Waals surface area contributed by atoms with Gasteiger partial charge >= 0.3 is 12.0 Å². The lowest BCUT2D eigenvalue weighted by atomic mass is 10.1. The summed E-state index contributed by atoms with van der Waals surface area (Å²) in [4.78, 5) is 33.8. The maximum atomic E-state index is 11.5. The van der Waals surface area contributed by atoms with Gasteiger partial charge in [0.15, 0.2) is 0 Å². The van der Waals surface area contributed by atoms with Crippen molar-refractivity contribution in [2.24, 2.45) is 11.8 Å². The Bertz CT molecular complexity index is 343. The van der Waals surface area contributed by atoms with Crippen molar-refractivity contribution in [3.63, 3.8) is 0 Å². The Morgan fingerprint density at radius 2 is 1.65 bits per heavy atom. The number of carboxylic acid groups (broad SMARTS) is 1. The van der Waals surface area contributed by atoms with Crippen molar-refractivity contribution in [1.82, 2.24) is 16.0 Å². The summed E-state index contributed by atoms with van der Waals surface area (Å²) >= 11 is 0. The molecular formula is C13H25N3O4. The molecule has 0 aliphatic heterocycles. The minimum Gasteiger partial charge on any atom is -0.480 e. The van der Waals surface area contributed by atoms with E-state index < -0.39 is 18.0 Å². The third-order valence-corrected chi connectivity index (χ3v) is 2.56. The third kappa shape index (κ3) is 8.34. The summed E-state index contributed by atoms with van der Waals surface area (Å²) in [5.74, 6) is -1.06. The van der Waals surface area contributed by atoms with Crippen LogP contribution in [0.4, 0.5) is 4.79 Å². The molecule has 0 aromatic heterocycles. The molecule has 0 fully saturated rings. The zero-order valence-corrected chi connectivity index (χ0v) is 12.5. The summed E-state index contributed by atoms with van der Waals surface area (Å²) in [6.45, 7) is 8.16. The minimum atomic E-state index is -1.08. The second-order valence-electron chi connectivity index (χ2n) is 5.41. The summed E-state index contributed by atoms with van der Waals surface area (Å²) in [5, 5.41) is 16.5. The number of amides is 3. The molecule has 7 heteroatoms. The van der Waals surface area contributed by atoms with Crippen molar-refractivity contribution in [3.05, 3.63) is 0 Å². The van der Waals surface area contributed by atoms with Gasteiger partial charge in [-0.25, -0.2) is 9.59 Å². The molecule has 7 nitrogen and oxygen atoms in total. The van der Waals surface area contributed by atoms with Gasteiger partial charge in [-0.2, -0.15) is 0 Å². The van der Waals surface area contributed by atoms with Crippen LogP contribution in [0, 0.1) is 11.8 Å². The molecule has 0 aliphatic rings. The van der Waals surface area contributed by atoms with E-state index >= 15 is 0 Å². The molecule has 0 aromatic carbocycles. The maximum Gasteiger partial charge on any atom is 0.326 e. The van der Waals surface area contributed by atoms with Crippen LogP contribution in [0.2, 0.25) is 0 Å². The molecule has 4 N–H and O–H groups in total. The summed E-state index contributed by atoms with van der Waals surface area (Å²) in [6.07, 6.45) is 0.166. The Morgan fingerprint density at radius 3 is 2.10 bits per heavy atom. The first-order valence-electron chi connectivity index (χ1n) is 6.77. The number of carbonyl (C=O) groups is 3. The summed E-state index contributed by atoms with van der Waals surface area (Å²) < 4.78 is 0. The second kappa shape index (κ2) is 9.17. The van der Waals surface area contributed by atoms with Crippen LogP contribution in [0.1, 0.15) is 34.1 Å². The van der Waals surface area contributed by atoms with Gasteiger partial charge in [0.25, 0.3) is 0 Å². The topological polar surface area (TPSA) is 108 Å². The number of rotatable bonds is 8. The number of hydrogen-bond donors (Lipinski definition) is 4. The Labute approximate surface area is 119 Å². The van der Waals surface area contributed by atoms with Crippen LogP contribution in [0.15, 0.2) is 0 Å². The van der Waals surface area contributed by atoms with E-state index in [2.05, 4.69) is 16.0 Å². The number of aliphatic carboxylic acids is 1. The van der Waals surface area contributed by atoms with Gasteiger partial charge < -0.3 is 21.1 Å². The van der Waals surface area contributed by atoms with Crippen molar-refractivity contribution in [2.45, 2.75) is 40.2 Å². The van der Waals surface area contributed by atoms with Crippen molar-refractivity contribution < 1.29 is 19.5 Å². The predicted molar refractivity (Wildman–Crippen MR) is 75.3 cm³/mol. The molecule has 0 spiro atoms. The lowest BCUT2D eigenvalue weighted by Crippen LogP contribution is -2.49. The highest BCUT2D eigenvalue weighted by molar-refractivity contribution is 5.83. The number of carboxylic acids is 1. The fourth-order valence-electron chi connectivity index (χ4n) is 1.40. The molecule has 20 heavy (non-hydrogen) atoms. The Kier molecular flexibility index (Phi) is 8.35. The van der Waals surface area contributed by atoms with Crippen molar-refractivity contribution in [1.29, 1.82) is 0 Å². The lowest BCUT2D eigenvalue weighted by Gasteiger charge is -2.18. The molecule has 116 valence electrons. The van der Waals surface area contributed by atoms with E-state index in [9.17, 15) is 14.4 Å². The molecule has 0 aromatic rings. The number of hydrogen-bond acceptors (Lipinski definition) is 3. The molecule has 0 saturated carbocycles. The third-order valence-electron chi connectivity index (χ3n) is 2.56. The first-order chi connectivity index (χ1) is 9.23. The normalized spacial score (nSPS) is 12.1. The average Bonchev–Trinajstić information content (AvgIpc) is 2.32. The highest BCUT2D eigenvalue weighted by atomic mass is 16.4. The molecular weight excluding hydrogens is 262 g/mol. The highest BCUT2D eigenvalue weighted by Crippen LogP contribution is 2.01. The highest BCUT2D eigenvalue weighted by Gasteiger charge is 2.23. The van der Waals surface area contributed by atoms with Gasteiger partial charge in [0.05, 0.1) is 0 Å². The predicted octanol–water partition coefficient (Wildman–Crippen LogP) is 0.557. The lowest BCUT2D eigenvalue weighted by molar-refractivity contribution is -0.140. The molecule has 0 rings (SSSR count). The Morgan fingerprint density at radius 1 is 1.05 bits per heavy atom. The average molecular weight is 287 g/mol. The van der Waals surface area contributed by atoms with Crippen molar-refractivity contribution in [2.75, 3.05) is 13.1 Å². The van der Waals surface area contributed by atoms with Gasteiger partial charge in [-0.1, -0.05) is 27.7 Å². The van der Waals surface area contributed by atoms with Crippen LogP contribution < -0.4 is 16.0 Å². The molecule has 0 unspecified atom stereocenters. The van der Waals surface area contributed by atoms with E-state index in [4.69, 9.17) is 5.11 Å². The molecule has 0 saturated heterocycles. The van der Waals surface area contributed by atoms with E-state index in [0.717, 1.165) is 0 Å². The van der Waals surface area contributed by atoms with Crippen LogP contribution in [0.3, 0.4) is 0 Å². The van der Waals surface area contributed by atoms with E-state index in [1.807, 2.05) is 13.8 Å². The molecule has 0 bridgehead atoms.